The van der Waals surface area contributed by atoms with E-state index in [1.807, 2.05) is 12.1 Å². The van der Waals surface area contributed by atoms with E-state index in [1.165, 1.54) is 11.3 Å². The lowest BCUT2D eigenvalue weighted by atomic mass is 10.2. The summed E-state index contributed by atoms with van der Waals surface area (Å²) in [6.07, 6.45) is 0. The molecule has 2 aromatic rings. The third-order valence-corrected chi connectivity index (χ3v) is 4.62. The van der Waals surface area contributed by atoms with Crippen molar-refractivity contribution < 1.29 is 0 Å². The van der Waals surface area contributed by atoms with Crippen molar-refractivity contribution in [3.63, 3.8) is 0 Å². The van der Waals surface area contributed by atoms with Gasteiger partial charge in [0.2, 0.25) is 0 Å². The molecule has 0 atom stereocenters. The fourth-order valence-electron chi connectivity index (χ4n) is 1.25. The van der Waals surface area contributed by atoms with Crippen LogP contribution in [0.1, 0.15) is 5.56 Å². The molecule has 2 nitrogen and oxygen atoms in total. The Balaban J connectivity index is 3.00. The monoisotopic (exact) mass is 334 g/mol. The molecule has 0 bridgehead atoms. The molecule has 0 amide bonds. The maximum Gasteiger partial charge on any atom is 0.105 e. The van der Waals surface area contributed by atoms with Crippen LogP contribution >= 0.6 is 45.5 Å². The molecule has 5 heteroatoms. The van der Waals surface area contributed by atoms with E-state index in [-0.39, 0.29) is 0 Å². The van der Waals surface area contributed by atoms with Crippen LogP contribution in [0.2, 0.25) is 5.02 Å². The van der Waals surface area contributed by atoms with Gasteiger partial charge in [-0.3, -0.25) is 0 Å². The molecule has 0 aliphatic carbocycles. The second-order valence-corrected chi connectivity index (χ2v) is 5.26. The Morgan fingerprint density at radius 2 is 2.21 bits per heavy atom. The Morgan fingerprint density at radius 3 is 2.86 bits per heavy atom. The molecular formula is C9H4ClIN2S. The highest BCUT2D eigenvalue weighted by atomic mass is 127. The number of hydrogen-bond donors (Lipinski definition) is 1. The molecular weight excluding hydrogens is 331 g/mol. The summed E-state index contributed by atoms with van der Waals surface area (Å²) in [6.45, 7) is 0. The molecule has 2 N–H and O–H groups in total. The van der Waals surface area contributed by atoms with Crippen molar-refractivity contribution in [2.75, 3.05) is 5.73 Å². The summed E-state index contributed by atoms with van der Waals surface area (Å²) in [4.78, 5) is 0. The van der Waals surface area contributed by atoms with Crippen molar-refractivity contribution in [3.8, 4) is 6.07 Å². The van der Waals surface area contributed by atoms with E-state index in [1.54, 1.807) is 0 Å². The topological polar surface area (TPSA) is 49.8 Å². The molecule has 0 fully saturated rings. The van der Waals surface area contributed by atoms with Gasteiger partial charge >= 0.3 is 0 Å². The highest BCUT2D eigenvalue weighted by molar-refractivity contribution is 14.1. The summed E-state index contributed by atoms with van der Waals surface area (Å²) in [5.41, 5.74) is 6.27. The lowest BCUT2D eigenvalue weighted by Gasteiger charge is -1.97. The van der Waals surface area contributed by atoms with Crippen molar-refractivity contribution in [1.29, 1.82) is 5.26 Å². The number of rotatable bonds is 0. The molecule has 2 rings (SSSR count). The molecule has 0 radical (unpaired) electrons. The molecule has 0 aliphatic heterocycles. The van der Waals surface area contributed by atoms with Gasteiger partial charge in [-0.05, 0) is 34.7 Å². The SMILES string of the molecule is N#Cc1c(N)sc2ccc(Cl)c(I)c12. The smallest absolute Gasteiger partial charge is 0.105 e. The highest BCUT2D eigenvalue weighted by Crippen LogP contribution is 2.38. The van der Waals surface area contributed by atoms with Crippen LogP contribution in [0.25, 0.3) is 10.1 Å². The van der Waals surface area contributed by atoms with Crippen molar-refractivity contribution in [1.82, 2.24) is 0 Å². The molecule has 14 heavy (non-hydrogen) atoms. The van der Waals surface area contributed by atoms with Crippen LogP contribution < -0.4 is 5.73 Å². The third-order valence-electron chi connectivity index (χ3n) is 1.88. The third kappa shape index (κ3) is 1.36. The number of halogens is 2. The molecule has 0 unspecified atom stereocenters. The average Bonchev–Trinajstić information content (AvgIpc) is 2.48. The molecule has 1 heterocycles. The minimum Gasteiger partial charge on any atom is -0.389 e. The number of anilines is 1. The molecule has 0 aliphatic rings. The first kappa shape index (κ1) is 10.0. The summed E-state index contributed by atoms with van der Waals surface area (Å²) in [5, 5.41) is 11.0. The number of hydrogen-bond acceptors (Lipinski definition) is 3. The molecule has 70 valence electrons. The van der Waals surface area contributed by atoms with Gasteiger partial charge in [0.1, 0.15) is 11.1 Å². The molecule has 1 aromatic heterocycles. The van der Waals surface area contributed by atoms with Crippen LogP contribution in [0.4, 0.5) is 5.00 Å². The van der Waals surface area contributed by atoms with E-state index in [2.05, 4.69) is 28.7 Å². The van der Waals surface area contributed by atoms with Crippen LogP contribution in [-0.2, 0) is 0 Å². The number of thiophene rings is 1. The Morgan fingerprint density at radius 1 is 1.50 bits per heavy atom. The van der Waals surface area contributed by atoms with Crippen molar-refractivity contribution in [2.45, 2.75) is 0 Å². The zero-order valence-corrected chi connectivity index (χ0v) is 10.6. The van der Waals surface area contributed by atoms with E-state index < -0.39 is 0 Å². The number of benzene rings is 1. The van der Waals surface area contributed by atoms with Gasteiger partial charge in [0, 0.05) is 13.7 Å². The number of nitriles is 1. The Labute approximate surface area is 103 Å². The van der Waals surface area contributed by atoms with Gasteiger partial charge < -0.3 is 5.73 Å². The van der Waals surface area contributed by atoms with Gasteiger partial charge in [0.25, 0.3) is 0 Å². The number of nitrogens with two attached hydrogens (primary N) is 1. The predicted octanol–water partition coefficient (Wildman–Crippen LogP) is 3.61. The van der Waals surface area contributed by atoms with Crippen LogP contribution in [0.3, 0.4) is 0 Å². The zero-order valence-electron chi connectivity index (χ0n) is 6.84. The fourth-order valence-corrected chi connectivity index (χ4v) is 3.26. The quantitative estimate of drug-likeness (QED) is 0.748. The Hall–Kier alpha value is -0.510. The first-order valence-electron chi connectivity index (χ1n) is 3.71. The average molecular weight is 335 g/mol. The normalized spacial score (nSPS) is 10.4. The molecule has 1 aromatic carbocycles. The lowest BCUT2D eigenvalue weighted by molar-refractivity contribution is 1.51. The Bertz CT molecular complexity index is 556. The van der Waals surface area contributed by atoms with Crippen molar-refractivity contribution >= 4 is 60.6 Å². The lowest BCUT2D eigenvalue weighted by Crippen LogP contribution is -1.84. The second kappa shape index (κ2) is 3.57. The standard InChI is InChI=1S/C9H4ClIN2S/c10-5-1-2-6-7(8(5)11)4(3-12)9(13)14-6/h1-2H,13H2. The van der Waals surface area contributed by atoms with Gasteiger partial charge in [-0.25, -0.2) is 0 Å². The van der Waals surface area contributed by atoms with E-state index in [9.17, 15) is 0 Å². The summed E-state index contributed by atoms with van der Waals surface area (Å²) in [6, 6.07) is 5.82. The summed E-state index contributed by atoms with van der Waals surface area (Å²) >= 11 is 9.52. The van der Waals surface area contributed by atoms with Gasteiger partial charge in [-0.1, -0.05) is 11.6 Å². The minimum atomic E-state index is 0.539. The number of nitrogens with zero attached hydrogens (tertiary/aromatic N) is 1. The van der Waals surface area contributed by atoms with E-state index in [0.29, 0.717) is 15.6 Å². The largest absolute Gasteiger partial charge is 0.389 e. The van der Waals surface area contributed by atoms with Gasteiger partial charge in [0.05, 0.1) is 10.6 Å². The van der Waals surface area contributed by atoms with Gasteiger partial charge in [0.15, 0.2) is 0 Å². The fraction of sp³-hybridized carbons (Fsp3) is 0. The molecule has 0 saturated heterocycles. The number of fused-ring (bicyclic) bond motifs is 1. The van der Waals surface area contributed by atoms with Gasteiger partial charge in [-0.2, -0.15) is 5.26 Å². The number of nitrogen functional groups attached to an aromatic ring is 1. The maximum atomic E-state index is 8.95. The summed E-state index contributed by atoms with van der Waals surface area (Å²) in [5.74, 6) is 0. The van der Waals surface area contributed by atoms with Crippen LogP contribution in [0, 0.1) is 14.9 Å². The minimum absolute atomic E-state index is 0.539. The van der Waals surface area contributed by atoms with Crippen LogP contribution in [0.15, 0.2) is 12.1 Å². The van der Waals surface area contributed by atoms with Crippen LogP contribution in [0.5, 0.6) is 0 Å². The summed E-state index contributed by atoms with van der Waals surface area (Å²) in [7, 11) is 0. The zero-order chi connectivity index (χ0) is 10.3. The predicted molar refractivity (Wildman–Crippen MR) is 68.7 cm³/mol. The van der Waals surface area contributed by atoms with E-state index in [4.69, 9.17) is 22.6 Å². The molecule has 0 saturated carbocycles. The first-order chi connectivity index (χ1) is 6.65. The van der Waals surface area contributed by atoms with Gasteiger partial charge in [-0.15, -0.1) is 11.3 Å². The van der Waals surface area contributed by atoms with E-state index in [0.717, 1.165) is 13.7 Å². The second-order valence-electron chi connectivity index (χ2n) is 2.69. The first-order valence-corrected chi connectivity index (χ1v) is 5.98. The highest BCUT2D eigenvalue weighted by Gasteiger charge is 2.13. The van der Waals surface area contributed by atoms with Crippen molar-refractivity contribution in [3.05, 3.63) is 26.3 Å². The van der Waals surface area contributed by atoms with Crippen molar-refractivity contribution in [2.24, 2.45) is 0 Å². The van der Waals surface area contributed by atoms with E-state index >= 15 is 0 Å². The van der Waals surface area contributed by atoms with Crippen LogP contribution in [-0.4, -0.2) is 0 Å². The summed E-state index contributed by atoms with van der Waals surface area (Å²) < 4.78 is 1.90. The maximum absolute atomic E-state index is 8.95. The Kier molecular flexibility index (Phi) is 2.56. The molecule has 0 spiro atoms.